The van der Waals surface area contributed by atoms with E-state index in [1.54, 1.807) is 4.90 Å². The number of amides is 1. The summed E-state index contributed by atoms with van der Waals surface area (Å²) in [5.41, 5.74) is 7.70. The summed E-state index contributed by atoms with van der Waals surface area (Å²) >= 11 is 0. The average Bonchev–Trinajstić information content (AvgIpc) is 2.85. The van der Waals surface area contributed by atoms with Gasteiger partial charge < -0.3 is 20.7 Å². The Bertz CT molecular complexity index is 1190. The number of benzene rings is 2. The largest absolute Gasteiger partial charge is 0.457 e. The van der Waals surface area contributed by atoms with Gasteiger partial charge in [0.1, 0.15) is 41.1 Å². The SMILES string of the molecule is C=C(C#N)C(=O)N1CCC[C@@H](Nc2ncnc(N)c2-c2ccc(Oc3ccccc3)cc2)C1. The molecule has 1 fully saturated rings. The third-order valence-electron chi connectivity index (χ3n) is 5.44. The number of ether oxygens (including phenoxy) is 1. The van der Waals surface area contributed by atoms with Gasteiger partial charge in [0.2, 0.25) is 0 Å². The van der Waals surface area contributed by atoms with E-state index in [0.29, 0.717) is 36.0 Å². The van der Waals surface area contributed by atoms with Crippen LogP contribution >= 0.6 is 0 Å². The van der Waals surface area contributed by atoms with Crippen LogP contribution in [0.2, 0.25) is 0 Å². The first-order valence-electron chi connectivity index (χ1n) is 10.6. The highest BCUT2D eigenvalue weighted by molar-refractivity contribution is 5.96. The minimum atomic E-state index is -0.333. The van der Waals surface area contributed by atoms with Crippen molar-refractivity contribution in [3.8, 4) is 28.7 Å². The second-order valence-electron chi connectivity index (χ2n) is 7.75. The Labute approximate surface area is 192 Å². The number of piperidine rings is 1. The Morgan fingerprint density at radius 1 is 1.15 bits per heavy atom. The summed E-state index contributed by atoms with van der Waals surface area (Å²) in [5.74, 6) is 2.07. The number of nitrogens with one attached hydrogen (secondary N) is 1. The van der Waals surface area contributed by atoms with Crippen LogP contribution in [0.1, 0.15) is 12.8 Å². The van der Waals surface area contributed by atoms with E-state index in [0.717, 1.165) is 24.2 Å². The number of rotatable bonds is 6. The van der Waals surface area contributed by atoms with E-state index < -0.39 is 0 Å². The van der Waals surface area contributed by atoms with Gasteiger partial charge >= 0.3 is 0 Å². The van der Waals surface area contributed by atoms with Gasteiger partial charge in [0.25, 0.3) is 5.91 Å². The van der Waals surface area contributed by atoms with Crippen molar-refractivity contribution < 1.29 is 9.53 Å². The monoisotopic (exact) mass is 440 g/mol. The van der Waals surface area contributed by atoms with Crippen molar-refractivity contribution in [3.63, 3.8) is 0 Å². The third-order valence-corrected chi connectivity index (χ3v) is 5.44. The zero-order chi connectivity index (χ0) is 23.2. The smallest absolute Gasteiger partial charge is 0.263 e. The molecular weight excluding hydrogens is 416 g/mol. The minimum Gasteiger partial charge on any atom is -0.457 e. The lowest BCUT2D eigenvalue weighted by Gasteiger charge is -2.33. The number of nitrogens with two attached hydrogens (primary N) is 1. The predicted molar refractivity (Wildman–Crippen MR) is 126 cm³/mol. The van der Waals surface area contributed by atoms with Crippen LogP contribution < -0.4 is 15.8 Å². The second kappa shape index (κ2) is 9.83. The normalized spacial score (nSPS) is 15.4. The first kappa shape index (κ1) is 21.8. The van der Waals surface area contributed by atoms with Crippen molar-refractivity contribution >= 4 is 17.5 Å². The fourth-order valence-electron chi connectivity index (χ4n) is 3.82. The van der Waals surface area contributed by atoms with Crippen LogP contribution in [0.5, 0.6) is 11.5 Å². The topological polar surface area (TPSA) is 117 Å². The Balaban J connectivity index is 1.52. The number of anilines is 2. The summed E-state index contributed by atoms with van der Waals surface area (Å²) in [4.78, 5) is 22.6. The summed E-state index contributed by atoms with van der Waals surface area (Å²) in [6.07, 6.45) is 3.08. The fourth-order valence-corrected chi connectivity index (χ4v) is 3.82. The molecule has 0 unspecified atom stereocenters. The Kier molecular flexibility index (Phi) is 6.51. The number of hydrogen-bond donors (Lipinski definition) is 2. The van der Waals surface area contributed by atoms with Gasteiger partial charge in [-0.3, -0.25) is 4.79 Å². The summed E-state index contributed by atoms with van der Waals surface area (Å²) in [7, 11) is 0. The van der Waals surface area contributed by atoms with Crippen LogP contribution in [0.3, 0.4) is 0 Å². The lowest BCUT2D eigenvalue weighted by Crippen LogP contribution is -2.45. The number of carbonyl (C=O) groups is 1. The van der Waals surface area contributed by atoms with Gasteiger partial charge in [-0.05, 0) is 42.7 Å². The number of para-hydroxylation sites is 1. The predicted octanol–water partition coefficient (Wildman–Crippen LogP) is 4.00. The number of likely N-dealkylation sites (tertiary alicyclic amines) is 1. The molecule has 1 aliphatic heterocycles. The van der Waals surface area contributed by atoms with Crippen LogP contribution in [0.25, 0.3) is 11.1 Å². The van der Waals surface area contributed by atoms with Gasteiger partial charge in [-0.15, -0.1) is 0 Å². The van der Waals surface area contributed by atoms with E-state index >= 15 is 0 Å². The zero-order valence-corrected chi connectivity index (χ0v) is 18.1. The van der Waals surface area contributed by atoms with E-state index in [2.05, 4.69) is 21.9 Å². The molecule has 8 nitrogen and oxygen atoms in total. The molecule has 8 heteroatoms. The quantitative estimate of drug-likeness (QED) is 0.439. The first-order chi connectivity index (χ1) is 16.0. The molecule has 0 saturated carbocycles. The lowest BCUT2D eigenvalue weighted by molar-refractivity contribution is -0.127. The standard InChI is InChI=1S/C25H24N6O2/c1-17(14-26)25(32)31-13-5-6-19(15-31)30-24-22(23(27)28-16-29-24)18-9-11-21(12-10-18)33-20-7-3-2-4-8-20/h2-4,7-12,16,19H,1,5-6,13,15H2,(H3,27,28,29,30)/t19-/m1/s1. The van der Waals surface area contributed by atoms with Crippen molar-refractivity contribution in [1.29, 1.82) is 5.26 Å². The van der Waals surface area contributed by atoms with E-state index in [9.17, 15) is 4.79 Å². The number of nitrogen functional groups attached to an aromatic ring is 1. The molecule has 3 aromatic rings. The number of nitrogens with zero attached hydrogens (tertiary/aromatic N) is 4. The highest BCUT2D eigenvalue weighted by Crippen LogP contribution is 2.33. The van der Waals surface area contributed by atoms with E-state index in [-0.39, 0.29) is 17.5 Å². The summed E-state index contributed by atoms with van der Waals surface area (Å²) in [5, 5.41) is 12.4. The van der Waals surface area contributed by atoms with Crippen molar-refractivity contribution in [1.82, 2.24) is 14.9 Å². The third kappa shape index (κ3) is 5.10. The minimum absolute atomic E-state index is 0.0390. The van der Waals surface area contributed by atoms with Crippen LogP contribution in [0.15, 0.2) is 73.1 Å². The number of nitriles is 1. The summed E-state index contributed by atoms with van der Waals surface area (Å²) < 4.78 is 5.87. The Morgan fingerprint density at radius 2 is 1.88 bits per heavy atom. The maximum absolute atomic E-state index is 12.4. The maximum atomic E-state index is 12.4. The highest BCUT2D eigenvalue weighted by Gasteiger charge is 2.26. The molecule has 33 heavy (non-hydrogen) atoms. The van der Waals surface area contributed by atoms with Gasteiger partial charge in [0, 0.05) is 19.1 Å². The number of carbonyl (C=O) groups excluding carboxylic acids is 1. The van der Waals surface area contributed by atoms with Gasteiger partial charge in [-0.25, -0.2) is 9.97 Å². The molecule has 1 atom stereocenters. The van der Waals surface area contributed by atoms with E-state index in [4.69, 9.17) is 15.7 Å². The first-order valence-corrected chi connectivity index (χ1v) is 10.6. The molecule has 0 aliphatic carbocycles. The molecule has 1 aromatic heterocycles. The van der Waals surface area contributed by atoms with Crippen molar-refractivity contribution in [2.24, 2.45) is 0 Å². The Hall–Kier alpha value is -4.38. The zero-order valence-electron chi connectivity index (χ0n) is 18.1. The maximum Gasteiger partial charge on any atom is 0.263 e. The van der Waals surface area contributed by atoms with Crippen molar-refractivity contribution in [3.05, 3.63) is 73.1 Å². The van der Waals surface area contributed by atoms with Gasteiger partial charge in [0.15, 0.2) is 0 Å². The van der Waals surface area contributed by atoms with Gasteiger partial charge in [-0.2, -0.15) is 5.26 Å². The van der Waals surface area contributed by atoms with Gasteiger partial charge in [-0.1, -0.05) is 36.9 Å². The Morgan fingerprint density at radius 3 is 2.61 bits per heavy atom. The summed E-state index contributed by atoms with van der Waals surface area (Å²) in [6, 6.07) is 18.9. The number of aromatic nitrogens is 2. The lowest BCUT2D eigenvalue weighted by atomic mass is 10.0. The molecule has 2 aromatic carbocycles. The van der Waals surface area contributed by atoms with Crippen LogP contribution in [-0.4, -0.2) is 39.9 Å². The summed E-state index contributed by atoms with van der Waals surface area (Å²) in [6.45, 7) is 4.58. The molecule has 4 rings (SSSR count). The number of hydrogen-bond acceptors (Lipinski definition) is 7. The van der Waals surface area contributed by atoms with E-state index in [1.165, 1.54) is 6.33 Å². The molecule has 1 saturated heterocycles. The molecule has 1 amide bonds. The molecule has 1 aliphatic rings. The van der Waals surface area contributed by atoms with Crippen molar-refractivity contribution in [2.75, 3.05) is 24.1 Å². The van der Waals surface area contributed by atoms with Crippen molar-refractivity contribution in [2.45, 2.75) is 18.9 Å². The van der Waals surface area contributed by atoms with Gasteiger partial charge in [0.05, 0.1) is 5.56 Å². The molecule has 0 spiro atoms. The highest BCUT2D eigenvalue weighted by atomic mass is 16.5. The van der Waals surface area contributed by atoms with Crippen LogP contribution in [-0.2, 0) is 4.79 Å². The van der Waals surface area contributed by atoms with Crippen LogP contribution in [0, 0.1) is 11.3 Å². The second-order valence-corrected chi connectivity index (χ2v) is 7.75. The fraction of sp³-hybridized carbons (Fsp3) is 0.200. The molecule has 166 valence electrons. The molecule has 0 bridgehead atoms. The molecule has 3 N–H and O–H groups in total. The van der Waals surface area contributed by atoms with E-state index in [1.807, 2.05) is 60.7 Å². The average molecular weight is 441 g/mol. The molecular formula is C25H24N6O2. The van der Waals surface area contributed by atoms with Crippen LogP contribution in [0.4, 0.5) is 11.6 Å². The molecule has 2 heterocycles. The molecule has 0 radical (unpaired) electrons.